The van der Waals surface area contributed by atoms with E-state index < -0.39 is 0 Å². The summed E-state index contributed by atoms with van der Waals surface area (Å²) in [5.41, 5.74) is 2.88. The Morgan fingerprint density at radius 1 is 1.09 bits per heavy atom. The van der Waals surface area contributed by atoms with Crippen LogP contribution in [0, 0.1) is 0 Å². The average molecular weight is 450 g/mol. The zero-order valence-corrected chi connectivity index (χ0v) is 18.7. The van der Waals surface area contributed by atoms with Crippen molar-refractivity contribution in [3.05, 3.63) is 81.3 Å². The van der Waals surface area contributed by atoms with Crippen LogP contribution in [-0.4, -0.2) is 46.9 Å². The zero-order valence-electron chi connectivity index (χ0n) is 17.9. The van der Waals surface area contributed by atoms with E-state index in [2.05, 4.69) is 4.98 Å². The molecule has 3 heterocycles. The number of nitrogens with zero attached hydrogens (tertiary/aromatic N) is 3. The van der Waals surface area contributed by atoms with Crippen molar-refractivity contribution in [2.45, 2.75) is 24.2 Å². The normalized spacial score (nSPS) is 16.9. The van der Waals surface area contributed by atoms with E-state index in [1.54, 1.807) is 23.7 Å². The molecule has 32 heavy (non-hydrogen) atoms. The molecule has 0 spiro atoms. The minimum atomic E-state index is -0.348. The zero-order chi connectivity index (χ0) is 22.2. The second-order valence-electron chi connectivity index (χ2n) is 7.73. The molecule has 2 aliphatic rings. The maximum absolute atomic E-state index is 13.7. The Balaban J connectivity index is 1.63. The monoisotopic (exact) mass is 449 g/mol. The van der Waals surface area contributed by atoms with Gasteiger partial charge in [-0.15, -0.1) is 0 Å². The summed E-state index contributed by atoms with van der Waals surface area (Å²) in [6.07, 6.45) is 2.08. The molecular formula is C24H23N3O4S. The molecule has 8 heteroatoms. The van der Waals surface area contributed by atoms with Gasteiger partial charge in [-0.05, 0) is 35.2 Å². The summed E-state index contributed by atoms with van der Waals surface area (Å²) >= 11 is 1.53. The topological polar surface area (TPSA) is 73.7 Å². The van der Waals surface area contributed by atoms with Gasteiger partial charge in [-0.2, -0.15) is 0 Å². The van der Waals surface area contributed by atoms with E-state index >= 15 is 0 Å². The number of hydrogen-bond acceptors (Lipinski definition) is 6. The number of fused-ring (bicyclic) bond motifs is 2. The SMILES string of the molecule is COc1cc2c(cc1OC)C(c1ccccc1)N(C(=O)c1cnc3n(c1=O)CCS3)CC2. The predicted octanol–water partition coefficient (Wildman–Crippen LogP) is 3.15. The highest BCUT2D eigenvalue weighted by Gasteiger charge is 2.35. The van der Waals surface area contributed by atoms with E-state index in [1.807, 2.05) is 42.5 Å². The van der Waals surface area contributed by atoms with Gasteiger partial charge in [0, 0.05) is 25.0 Å². The van der Waals surface area contributed by atoms with Crippen LogP contribution in [0.5, 0.6) is 11.5 Å². The smallest absolute Gasteiger partial charge is 0.267 e. The van der Waals surface area contributed by atoms with E-state index in [1.165, 1.54) is 18.0 Å². The molecule has 2 aliphatic heterocycles. The fourth-order valence-corrected chi connectivity index (χ4v) is 5.39. The van der Waals surface area contributed by atoms with E-state index in [0.717, 1.165) is 22.4 Å². The van der Waals surface area contributed by atoms with E-state index in [9.17, 15) is 9.59 Å². The number of rotatable bonds is 4. The van der Waals surface area contributed by atoms with Crippen molar-refractivity contribution in [2.75, 3.05) is 26.5 Å². The summed E-state index contributed by atoms with van der Waals surface area (Å²) in [7, 11) is 3.22. The van der Waals surface area contributed by atoms with Gasteiger partial charge < -0.3 is 14.4 Å². The van der Waals surface area contributed by atoms with Crippen molar-refractivity contribution in [3.8, 4) is 11.5 Å². The van der Waals surface area contributed by atoms with Crippen LogP contribution in [0.4, 0.5) is 0 Å². The van der Waals surface area contributed by atoms with Crippen LogP contribution in [0.25, 0.3) is 0 Å². The average Bonchev–Trinajstić information content (AvgIpc) is 3.32. The standard InChI is InChI=1S/C24H23N3O4S/c1-30-19-12-16-8-9-26(22(28)18-14-25-24-27(23(18)29)10-11-32-24)21(15-6-4-3-5-7-15)17(16)13-20(19)31-2/h3-7,12-14,21H,8-11H2,1-2H3. The van der Waals surface area contributed by atoms with Crippen LogP contribution in [0.15, 0.2) is 58.6 Å². The minimum Gasteiger partial charge on any atom is -0.493 e. The molecule has 1 amide bonds. The molecule has 0 saturated heterocycles. The second kappa shape index (κ2) is 8.35. The van der Waals surface area contributed by atoms with Gasteiger partial charge in [0.05, 0.1) is 20.3 Å². The lowest BCUT2D eigenvalue weighted by molar-refractivity contribution is 0.0690. The lowest BCUT2D eigenvalue weighted by Crippen LogP contribution is -2.43. The van der Waals surface area contributed by atoms with Crippen LogP contribution >= 0.6 is 11.8 Å². The van der Waals surface area contributed by atoms with Crippen molar-refractivity contribution in [3.63, 3.8) is 0 Å². The fourth-order valence-electron chi connectivity index (χ4n) is 4.48. The van der Waals surface area contributed by atoms with E-state index in [0.29, 0.717) is 36.2 Å². The molecule has 0 saturated carbocycles. The first kappa shape index (κ1) is 20.6. The third-order valence-electron chi connectivity index (χ3n) is 6.04. The van der Waals surface area contributed by atoms with Gasteiger partial charge in [-0.3, -0.25) is 14.2 Å². The molecule has 1 atom stereocenters. The van der Waals surface area contributed by atoms with Gasteiger partial charge in [0.25, 0.3) is 11.5 Å². The maximum atomic E-state index is 13.7. The molecule has 1 unspecified atom stereocenters. The van der Waals surface area contributed by atoms with Crippen LogP contribution in [0.3, 0.4) is 0 Å². The molecule has 0 fully saturated rings. The Kier molecular flexibility index (Phi) is 5.38. The number of thioether (sulfide) groups is 1. The number of hydrogen-bond donors (Lipinski definition) is 0. The summed E-state index contributed by atoms with van der Waals surface area (Å²) in [5, 5.41) is 0.673. The Morgan fingerprint density at radius 2 is 1.84 bits per heavy atom. The van der Waals surface area contributed by atoms with Crippen LogP contribution in [0.1, 0.15) is 33.1 Å². The lowest BCUT2D eigenvalue weighted by Gasteiger charge is -2.38. The van der Waals surface area contributed by atoms with Crippen molar-refractivity contribution in [2.24, 2.45) is 0 Å². The Hall–Kier alpha value is -3.26. The number of aromatic nitrogens is 2. The highest BCUT2D eigenvalue weighted by molar-refractivity contribution is 7.99. The molecule has 7 nitrogen and oxygen atoms in total. The first-order chi connectivity index (χ1) is 15.6. The summed E-state index contributed by atoms with van der Waals surface area (Å²) in [6, 6.07) is 13.4. The number of ether oxygens (including phenoxy) is 2. The lowest BCUT2D eigenvalue weighted by atomic mass is 9.87. The fraction of sp³-hybridized carbons (Fsp3) is 0.292. The molecular weight excluding hydrogens is 426 g/mol. The summed E-state index contributed by atoms with van der Waals surface area (Å²) in [5.74, 6) is 1.77. The highest BCUT2D eigenvalue weighted by Crippen LogP contribution is 2.41. The number of carbonyl (C=O) groups excluding carboxylic acids is 1. The van der Waals surface area contributed by atoms with Gasteiger partial charge in [0.1, 0.15) is 5.56 Å². The van der Waals surface area contributed by atoms with Crippen LogP contribution in [-0.2, 0) is 13.0 Å². The van der Waals surface area contributed by atoms with Crippen molar-refractivity contribution in [1.82, 2.24) is 14.5 Å². The van der Waals surface area contributed by atoms with Crippen molar-refractivity contribution < 1.29 is 14.3 Å². The minimum absolute atomic E-state index is 0.112. The molecule has 0 N–H and O–H groups in total. The molecule has 5 rings (SSSR count). The first-order valence-electron chi connectivity index (χ1n) is 10.5. The van der Waals surface area contributed by atoms with Gasteiger partial charge in [-0.1, -0.05) is 42.1 Å². The van der Waals surface area contributed by atoms with Crippen molar-refractivity contribution in [1.29, 1.82) is 0 Å². The summed E-state index contributed by atoms with van der Waals surface area (Å²) < 4.78 is 12.6. The Bertz CT molecular complexity index is 1240. The quantitative estimate of drug-likeness (QED) is 0.570. The highest BCUT2D eigenvalue weighted by atomic mass is 32.2. The van der Waals surface area contributed by atoms with Crippen LogP contribution in [0.2, 0.25) is 0 Å². The number of carbonyl (C=O) groups is 1. The second-order valence-corrected chi connectivity index (χ2v) is 8.79. The molecule has 0 radical (unpaired) electrons. The van der Waals surface area contributed by atoms with E-state index in [-0.39, 0.29) is 23.1 Å². The van der Waals surface area contributed by atoms with Gasteiger partial charge in [-0.25, -0.2) is 4.98 Å². The van der Waals surface area contributed by atoms with Gasteiger partial charge in [0.2, 0.25) is 0 Å². The largest absolute Gasteiger partial charge is 0.493 e. The summed E-state index contributed by atoms with van der Waals surface area (Å²) in [6.45, 7) is 1.06. The third-order valence-corrected chi connectivity index (χ3v) is 7.01. The van der Waals surface area contributed by atoms with Gasteiger partial charge in [0.15, 0.2) is 16.7 Å². The predicted molar refractivity (Wildman–Crippen MR) is 122 cm³/mol. The van der Waals surface area contributed by atoms with Crippen molar-refractivity contribution >= 4 is 17.7 Å². The van der Waals surface area contributed by atoms with E-state index in [4.69, 9.17) is 9.47 Å². The molecule has 164 valence electrons. The summed E-state index contributed by atoms with van der Waals surface area (Å²) in [4.78, 5) is 32.9. The van der Waals surface area contributed by atoms with Crippen LogP contribution < -0.4 is 15.0 Å². The number of benzene rings is 2. The molecule has 3 aromatic rings. The van der Waals surface area contributed by atoms with Gasteiger partial charge >= 0.3 is 0 Å². The first-order valence-corrected chi connectivity index (χ1v) is 11.4. The number of methoxy groups -OCH3 is 2. The maximum Gasteiger partial charge on any atom is 0.267 e. The number of amides is 1. The molecule has 2 aromatic carbocycles. The molecule has 1 aromatic heterocycles. The third kappa shape index (κ3) is 3.35. The molecule has 0 bridgehead atoms. The molecule has 0 aliphatic carbocycles. The Labute approximate surface area is 190 Å². The Morgan fingerprint density at radius 3 is 2.59 bits per heavy atom.